The van der Waals surface area contributed by atoms with E-state index in [2.05, 4.69) is 6.92 Å². The Kier molecular flexibility index (Phi) is 3.20. The van der Waals surface area contributed by atoms with Crippen LogP contribution in [0, 0.1) is 34.5 Å². The molecule has 4 heteroatoms. The topological polar surface area (TPSA) is 71.4 Å². The highest BCUT2D eigenvalue weighted by Gasteiger charge is 2.64. The normalized spacial score (nSPS) is 52.8. The van der Waals surface area contributed by atoms with Crippen molar-refractivity contribution in [1.29, 1.82) is 0 Å². The second kappa shape index (κ2) is 4.75. The van der Waals surface area contributed by atoms with Crippen LogP contribution in [0.25, 0.3) is 0 Å². The number of aliphatic hydroxyl groups is 1. The van der Waals surface area contributed by atoms with Crippen molar-refractivity contribution in [2.24, 2.45) is 34.5 Å². The maximum absolute atomic E-state index is 12.8. The standard InChI is InChI=1S/C19H26O4/c1-18-5-3-10(20)7-13(18)14(21)8-11-12(18)4-6-19(2)16(23)9-15(22)17(11)19/h11-13,15,17,22H,3-9H2,1-2H3. The maximum Gasteiger partial charge on any atom is 0.141 e. The predicted molar refractivity (Wildman–Crippen MR) is 83.5 cm³/mol. The Morgan fingerprint density at radius 2 is 1.78 bits per heavy atom. The van der Waals surface area contributed by atoms with Crippen molar-refractivity contribution in [1.82, 2.24) is 0 Å². The van der Waals surface area contributed by atoms with E-state index >= 15 is 0 Å². The molecule has 23 heavy (non-hydrogen) atoms. The van der Waals surface area contributed by atoms with Crippen molar-refractivity contribution in [3.63, 3.8) is 0 Å². The van der Waals surface area contributed by atoms with Gasteiger partial charge in [-0.2, -0.15) is 0 Å². The SMILES string of the molecule is CC12CCC3C(CC(=O)C4CC(=O)CCC43C)C1C(O)CC2=O. The summed E-state index contributed by atoms with van der Waals surface area (Å²) in [4.78, 5) is 37.1. The summed E-state index contributed by atoms with van der Waals surface area (Å²) in [5, 5.41) is 10.5. The van der Waals surface area contributed by atoms with Crippen LogP contribution < -0.4 is 0 Å². The fourth-order valence-electron chi connectivity index (χ4n) is 6.68. The van der Waals surface area contributed by atoms with Crippen LogP contribution in [0.5, 0.6) is 0 Å². The van der Waals surface area contributed by atoms with Crippen LogP contribution in [0.3, 0.4) is 0 Å². The van der Waals surface area contributed by atoms with Gasteiger partial charge in [-0.3, -0.25) is 14.4 Å². The van der Waals surface area contributed by atoms with Crippen molar-refractivity contribution in [3.8, 4) is 0 Å². The van der Waals surface area contributed by atoms with Gasteiger partial charge in [0.2, 0.25) is 0 Å². The first kappa shape index (κ1) is 15.5. The molecule has 4 aliphatic carbocycles. The number of carbonyl (C=O) groups excluding carboxylic acids is 3. The van der Waals surface area contributed by atoms with Gasteiger partial charge in [0.05, 0.1) is 6.10 Å². The minimum Gasteiger partial charge on any atom is -0.392 e. The van der Waals surface area contributed by atoms with E-state index < -0.39 is 11.5 Å². The summed E-state index contributed by atoms with van der Waals surface area (Å²) in [6, 6.07) is 0. The number of hydrogen-bond donors (Lipinski definition) is 1. The first-order valence-corrected chi connectivity index (χ1v) is 9.03. The summed E-state index contributed by atoms with van der Waals surface area (Å²) in [7, 11) is 0. The zero-order chi connectivity index (χ0) is 16.6. The van der Waals surface area contributed by atoms with E-state index in [0.717, 1.165) is 19.3 Å². The lowest BCUT2D eigenvalue weighted by atomic mass is 9.45. The molecule has 0 bridgehead atoms. The Balaban J connectivity index is 1.73. The molecule has 7 atom stereocenters. The smallest absolute Gasteiger partial charge is 0.141 e. The third-order valence-corrected chi connectivity index (χ3v) is 7.98. The monoisotopic (exact) mass is 318 g/mol. The van der Waals surface area contributed by atoms with Crippen molar-refractivity contribution < 1.29 is 19.5 Å². The second-order valence-corrected chi connectivity index (χ2v) is 8.92. The third-order valence-electron chi connectivity index (χ3n) is 7.98. The number of ketones is 3. The molecule has 0 saturated heterocycles. The van der Waals surface area contributed by atoms with Crippen LogP contribution in [0.2, 0.25) is 0 Å². The van der Waals surface area contributed by atoms with Crippen molar-refractivity contribution >= 4 is 17.3 Å². The molecule has 0 aromatic rings. The minimum atomic E-state index is -0.599. The van der Waals surface area contributed by atoms with Gasteiger partial charge in [0, 0.05) is 42.9 Å². The lowest BCUT2D eigenvalue weighted by Gasteiger charge is -2.58. The van der Waals surface area contributed by atoms with E-state index in [1.54, 1.807) is 0 Å². The highest BCUT2D eigenvalue weighted by molar-refractivity contribution is 5.92. The first-order valence-electron chi connectivity index (χ1n) is 9.03. The molecule has 0 amide bonds. The van der Waals surface area contributed by atoms with E-state index in [4.69, 9.17) is 0 Å². The number of carbonyl (C=O) groups is 3. The number of rotatable bonds is 0. The Morgan fingerprint density at radius 1 is 1.04 bits per heavy atom. The molecule has 0 aliphatic heterocycles. The average molecular weight is 318 g/mol. The molecule has 4 saturated carbocycles. The molecule has 0 aromatic heterocycles. The average Bonchev–Trinajstić information content (AvgIpc) is 2.71. The van der Waals surface area contributed by atoms with Gasteiger partial charge in [0.25, 0.3) is 0 Å². The molecule has 1 N–H and O–H groups in total. The Hall–Kier alpha value is -1.03. The largest absolute Gasteiger partial charge is 0.392 e. The van der Waals surface area contributed by atoms with Crippen LogP contribution >= 0.6 is 0 Å². The summed E-state index contributed by atoms with van der Waals surface area (Å²) >= 11 is 0. The van der Waals surface area contributed by atoms with Crippen LogP contribution in [-0.4, -0.2) is 28.6 Å². The van der Waals surface area contributed by atoms with Crippen LogP contribution in [-0.2, 0) is 14.4 Å². The lowest BCUT2D eigenvalue weighted by Crippen LogP contribution is -2.57. The van der Waals surface area contributed by atoms with Crippen LogP contribution in [0.1, 0.15) is 58.8 Å². The summed E-state index contributed by atoms with van der Waals surface area (Å²) in [5.74, 6) is 0.839. The van der Waals surface area contributed by atoms with Gasteiger partial charge in [0.1, 0.15) is 17.3 Å². The number of Topliss-reactive ketones (excluding diaryl/α,β-unsaturated/α-hetero) is 3. The molecule has 126 valence electrons. The molecule has 4 rings (SSSR count). The lowest BCUT2D eigenvalue weighted by molar-refractivity contribution is -0.162. The fraction of sp³-hybridized carbons (Fsp3) is 0.842. The zero-order valence-electron chi connectivity index (χ0n) is 14.0. The van der Waals surface area contributed by atoms with Gasteiger partial charge >= 0.3 is 0 Å². The third kappa shape index (κ3) is 1.90. The van der Waals surface area contributed by atoms with Gasteiger partial charge in [-0.1, -0.05) is 13.8 Å². The van der Waals surface area contributed by atoms with Crippen LogP contribution in [0.4, 0.5) is 0 Å². The van der Waals surface area contributed by atoms with Crippen molar-refractivity contribution in [2.45, 2.75) is 64.9 Å². The van der Waals surface area contributed by atoms with Gasteiger partial charge in [-0.15, -0.1) is 0 Å². The zero-order valence-corrected chi connectivity index (χ0v) is 14.0. The molecule has 0 spiro atoms. The molecule has 4 fully saturated rings. The Morgan fingerprint density at radius 3 is 2.52 bits per heavy atom. The number of fused-ring (bicyclic) bond motifs is 5. The van der Waals surface area contributed by atoms with Crippen LogP contribution in [0.15, 0.2) is 0 Å². The number of aliphatic hydroxyl groups excluding tert-OH is 1. The van der Waals surface area contributed by atoms with E-state index in [1.807, 2.05) is 6.92 Å². The number of hydrogen-bond acceptors (Lipinski definition) is 4. The summed E-state index contributed by atoms with van der Waals surface area (Å²) < 4.78 is 0. The summed E-state index contributed by atoms with van der Waals surface area (Å²) in [6.07, 6.45) is 3.63. The predicted octanol–water partition coefficient (Wildman–Crippen LogP) is 2.32. The van der Waals surface area contributed by atoms with Gasteiger partial charge < -0.3 is 5.11 Å². The van der Waals surface area contributed by atoms with Gasteiger partial charge in [-0.05, 0) is 36.5 Å². The molecule has 7 unspecified atom stereocenters. The molecule has 0 radical (unpaired) electrons. The maximum atomic E-state index is 12.8. The highest BCUT2D eigenvalue weighted by atomic mass is 16.3. The Labute approximate surface area is 137 Å². The van der Waals surface area contributed by atoms with E-state index in [9.17, 15) is 19.5 Å². The minimum absolute atomic E-state index is 0.0758. The molecule has 0 heterocycles. The quantitative estimate of drug-likeness (QED) is 0.744. The summed E-state index contributed by atoms with van der Waals surface area (Å²) in [6.45, 7) is 4.18. The van der Waals surface area contributed by atoms with Gasteiger partial charge in [0.15, 0.2) is 0 Å². The van der Waals surface area contributed by atoms with E-state index in [1.165, 1.54) is 0 Å². The van der Waals surface area contributed by atoms with E-state index in [-0.39, 0.29) is 46.9 Å². The molecule has 4 nitrogen and oxygen atoms in total. The van der Waals surface area contributed by atoms with Crippen molar-refractivity contribution in [2.75, 3.05) is 0 Å². The second-order valence-electron chi connectivity index (χ2n) is 8.92. The van der Waals surface area contributed by atoms with Gasteiger partial charge in [-0.25, -0.2) is 0 Å². The van der Waals surface area contributed by atoms with E-state index in [0.29, 0.717) is 25.2 Å². The summed E-state index contributed by atoms with van der Waals surface area (Å²) in [5.41, 5.74) is -0.574. The fourth-order valence-corrected chi connectivity index (χ4v) is 6.68. The first-order chi connectivity index (χ1) is 10.8. The van der Waals surface area contributed by atoms with Crippen molar-refractivity contribution in [3.05, 3.63) is 0 Å². The molecule has 4 aliphatic rings. The highest BCUT2D eigenvalue weighted by Crippen LogP contribution is 2.64. The molecular formula is C19H26O4. The molecular weight excluding hydrogens is 292 g/mol. The Bertz CT molecular complexity index is 596. The molecule has 0 aromatic carbocycles.